The molecule has 0 spiro atoms. The number of ether oxygens (including phenoxy) is 2. The topological polar surface area (TPSA) is 168 Å². The van der Waals surface area contributed by atoms with Gasteiger partial charge in [0, 0.05) is 62.7 Å². The number of nitrogens with two attached hydrogens (primary N) is 1. The molecular weight excluding hydrogens is 598 g/mol. The highest BCUT2D eigenvalue weighted by molar-refractivity contribution is 7.15. The molecule has 5 N–H and O–H groups in total. The highest BCUT2D eigenvalue weighted by Gasteiger charge is 2.50. The first-order valence-electron chi connectivity index (χ1n) is 15.0. The minimum Gasteiger partial charge on any atom is -0.387 e. The number of anilines is 2. The largest absolute Gasteiger partial charge is 0.412 e. The number of thiazole rings is 1. The fraction of sp³-hybridized carbons (Fsp3) is 0.581. The van der Waals surface area contributed by atoms with Crippen molar-refractivity contribution in [2.24, 2.45) is 11.1 Å². The van der Waals surface area contributed by atoms with Gasteiger partial charge in [-0.15, -0.1) is 11.3 Å². The third-order valence-electron chi connectivity index (χ3n) is 7.10. The van der Waals surface area contributed by atoms with Crippen LogP contribution in [0.3, 0.4) is 0 Å². The molecule has 45 heavy (non-hydrogen) atoms. The molecule has 1 aromatic heterocycles. The lowest BCUT2D eigenvalue weighted by atomic mass is 9.90. The van der Waals surface area contributed by atoms with Gasteiger partial charge in [0.15, 0.2) is 5.13 Å². The van der Waals surface area contributed by atoms with Gasteiger partial charge in [-0.2, -0.15) is 0 Å². The normalized spacial score (nSPS) is 15.5. The molecule has 0 radical (unpaired) electrons. The van der Waals surface area contributed by atoms with Gasteiger partial charge in [-0.05, 0) is 51.3 Å². The molecule has 1 saturated heterocycles. The van der Waals surface area contributed by atoms with Gasteiger partial charge in [-0.1, -0.05) is 32.9 Å². The van der Waals surface area contributed by atoms with E-state index in [1.807, 2.05) is 29.2 Å². The molecule has 1 atom stereocenters. The standard InChI is InChI=1S/C31H47N7O6S/c1-20(39)33-27-34-24(25(45-27)19-37-15-17-38(18-16-37)21(2)40)14-11-22-9-12-23(13-10-22)35-31(29(3,4)5,43-26(32)41)44-28(42)36-30(6,7)8/h9-10,12-13,35H,11,14-19H2,1-8H3,(H2,32,41)(H,36,42)(H,33,34,39). The molecule has 1 unspecified atom stereocenters. The fourth-order valence-electron chi connectivity index (χ4n) is 4.71. The summed E-state index contributed by atoms with van der Waals surface area (Å²) in [6.07, 6.45) is -0.544. The van der Waals surface area contributed by atoms with Crippen LogP contribution in [0.15, 0.2) is 24.3 Å². The van der Waals surface area contributed by atoms with Crippen molar-refractivity contribution in [1.29, 1.82) is 0 Å². The number of rotatable bonds is 10. The number of primary amides is 1. The van der Waals surface area contributed by atoms with Crippen LogP contribution in [0.2, 0.25) is 0 Å². The monoisotopic (exact) mass is 645 g/mol. The molecule has 1 aromatic carbocycles. The lowest BCUT2D eigenvalue weighted by Crippen LogP contribution is -2.59. The smallest absolute Gasteiger partial charge is 0.387 e. The van der Waals surface area contributed by atoms with E-state index in [2.05, 4.69) is 20.9 Å². The summed E-state index contributed by atoms with van der Waals surface area (Å²) < 4.78 is 11.1. The zero-order valence-electron chi connectivity index (χ0n) is 27.5. The van der Waals surface area contributed by atoms with Crippen molar-refractivity contribution in [3.8, 4) is 0 Å². The molecule has 248 valence electrons. The number of amides is 4. The molecule has 3 rings (SSSR count). The van der Waals surface area contributed by atoms with Gasteiger partial charge in [0.05, 0.1) is 11.1 Å². The van der Waals surface area contributed by atoms with Crippen LogP contribution in [0.5, 0.6) is 0 Å². The molecule has 1 aliphatic heterocycles. The summed E-state index contributed by atoms with van der Waals surface area (Å²) in [7, 11) is 0. The van der Waals surface area contributed by atoms with E-state index in [1.165, 1.54) is 18.3 Å². The van der Waals surface area contributed by atoms with Gasteiger partial charge in [-0.25, -0.2) is 14.6 Å². The van der Waals surface area contributed by atoms with Crippen molar-refractivity contribution >= 4 is 46.2 Å². The highest BCUT2D eigenvalue weighted by Crippen LogP contribution is 2.37. The Kier molecular flexibility index (Phi) is 11.4. The lowest BCUT2D eigenvalue weighted by molar-refractivity contribution is -0.202. The van der Waals surface area contributed by atoms with Crippen molar-refractivity contribution in [1.82, 2.24) is 20.1 Å². The summed E-state index contributed by atoms with van der Waals surface area (Å²) in [4.78, 5) is 58.1. The maximum atomic E-state index is 12.8. The molecule has 1 aliphatic rings. The number of hydrogen-bond acceptors (Lipinski definition) is 10. The quantitative estimate of drug-likeness (QED) is 0.276. The van der Waals surface area contributed by atoms with Crippen molar-refractivity contribution in [3.63, 3.8) is 0 Å². The van der Waals surface area contributed by atoms with Crippen LogP contribution in [-0.2, 0) is 38.4 Å². The number of nitrogens with one attached hydrogen (secondary N) is 3. The second-order valence-corrected chi connectivity index (χ2v) is 14.3. The Balaban J connectivity index is 1.75. The van der Waals surface area contributed by atoms with Gasteiger partial charge < -0.3 is 36.1 Å². The third kappa shape index (κ3) is 10.6. The highest BCUT2D eigenvalue weighted by atomic mass is 32.1. The summed E-state index contributed by atoms with van der Waals surface area (Å²) in [5.74, 6) is -1.99. The number of aryl methyl sites for hydroxylation is 2. The summed E-state index contributed by atoms with van der Waals surface area (Å²) in [5.41, 5.74) is 6.40. The van der Waals surface area contributed by atoms with E-state index in [-0.39, 0.29) is 11.8 Å². The molecule has 0 aliphatic carbocycles. The number of benzene rings is 1. The Hall–Kier alpha value is -3.91. The first-order valence-corrected chi connectivity index (χ1v) is 15.8. The van der Waals surface area contributed by atoms with E-state index in [0.717, 1.165) is 29.2 Å². The molecular formula is C31H47N7O6S. The first kappa shape index (κ1) is 35.6. The SMILES string of the molecule is CC(=O)Nc1nc(CCc2ccc(NC(OC(N)=O)(OC(=O)NC(C)(C)C)C(C)(C)C)cc2)c(CN2CCN(C(C)=O)CC2)s1. The lowest BCUT2D eigenvalue weighted by Gasteiger charge is -2.42. The number of carbonyl (C=O) groups is 4. The average molecular weight is 646 g/mol. The Bertz CT molecular complexity index is 1360. The maximum Gasteiger partial charge on any atom is 0.412 e. The maximum absolute atomic E-state index is 12.8. The third-order valence-corrected chi connectivity index (χ3v) is 8.10. The Morgan fingerprint density at radius 3 is 2.07 bits per heavy atom. The van der Waals surface area contributed by atoms with Crippen LogP contribution in [-0.4, -0.2) is 76.4 Å². The van der Waals surface area contributed by atoms with E-state index in [9.17, 15) is 19.2 Å². The van der Waals surface area contributed by atoms with Crippen molar-refractivity contribution in [2.75, 3.05) is 36.8 Å². The molecule has 14 heteroatoms. The van der Waals surface area contributed by atoms with Gasteiger partial charge in [-0.3, -0.25) is 14.5 Å². The van der Waals surface area contributed by atoms with Gasteiger partial charge >= 0.3 is 18.1 Å². The molecule has 1 fully saturated rings. The summed E-state index contributed by atoms with van der Waals surface area (Å²) in [6.45, 7) is 17.4. The summed E-state index contributed by atoms with van der Waals surface area (Å²) >= 11 is 1.47. The van der Waals surface area contributed by atoms with E-state index in [4.69, 9.17) is 20.2 Å². The number of carbonyl (C=O) groups excluding carboxylic acids is 4. The molecule has 0 saturated carbocycles. The number of aromatic nitrogens is 1. The molecule has 13 nitrogen and oxygen atoms in total. The number of nitrogens with zero attached hydrogens (tertiary/aromatic N) is 3. The van der Waals surface area contributed by atoms with E-state index in [1.54, 1.807) is 48.5 Å². The molecule has 0 bridgehead atoms. The minimum absolute atomic E-state index is 0.0883. The zero-order valence-corrected chi connectivity index (χ0v) is 28.4. The van der Waals surface area contributed by atoms with Crippen molar-refractivity contribution in [3.05, 3.63) is 40.4 Å². The average Bonchev–Trinajstić information content (AvgIpc) is 3.26. The number of piperazine rings is 1. The van der Waals surface area contributed by atoms with E-state index >= 15 is 0 Å². The Labute approximate surface area is 269 Å². The predicted molar refractivity (Wildman–Crippen MR) is 174 cm³/mol. The van der Waals surface area contributed by atoms with Crippen LogP contribution in [0.4, 0.5) is 20.4 Å². The molecule has 2 heterocycles. The van der Waals surface area contributed by atoms with Crippen LogP contribution in [0.1, 0.15) is 71.5 Å². The Morgan fingerprint density at radius 2 is 1.56 bits per heavy atom. The number of alkyl carbamates (subject to hydrolysis) is 1. The van der Waals surface area contributed by atoms with Gasteiger partial charge in [0.2, 0.25) is 11.8 Å². The second-order valence-electron chi connectivity index (χ2n) is 13.2. The minimum atomic E-state index is -1.90. The zero-order chi connectivity index (χ0) is 33.6. The second kappa shape index (κ2) is 14.5. The van der Waals surface area contributed by atoms with Crippen molar-refractivity contribution < 1.29 is 28.7 Å². The number of hydrogen-bond donors (Lipinski definition) is 4. The van der Waals surface area contributed by atoms with Crippen LogP contribution >= 0.6 is 11.3 Å². The van der Waals surface area contributed by atoms with Crippen LogP contribution < -0.4 is 21.7 Å². The van der Waals surface area contributed by atoms with Crippen LogP contribution in [0.25, 0.3) is 0 Å². The van der Waals surface area contributed by atoms with Gasteiger partial charge in [0.1, 0.15) is 0 Å². The van der Waals surface area contributed by atoms with Crippen LogP contribution in [0, 0.1) is 5.41 Å². The molecule has 4 amide bonds. The predicted octanol–water partition coefficient (Wildman–Crippen LogP) is 4.28. The first-order chi connectivity index (χ1) is 20.9. The van der Waals surface area contributed by atoms with E-state index in [0.29, 0.717) is 43.3 Å². The summed E-state index contributed by atoms with van der Waals surface area (Å²) in [6, 6.07) is 7.47. The van der Waals surface area contributed by atoms with Crippen molar-refractivity contribution in [2.45, 2.75) is 86.2 Å². The fourth-order valence-corrected chi connectivity index (χ4v) is 5.80. The van der Waals surface area contributed by atoms with Gasteiger partial charge in [0.25, 0.3) is 0 Å². The van der Waals surface area contributed by atoms with E-state index < -0.39 is 29.1 Å². The Morgan fingerprint density at radius 1 is 0.933 bits per heavy atom. The molecule has 2 aromatic rings. The summed E-state index contributed by atoms with van der Waals surface area (Å²) in [5, 5.41) is 9.17.